The van der Waals surface area contributed by atoms with Gasteiger partial charge in [0.25, 0.3) is 0 Å². The largest absolute Gasteiger partial charge is 0.453 e. The lowest BCUT2D eigenvalue weighted by Crippen LogP contribution is -2.27. The molecule has 96 valence electrons. The van der Waals surface area contributed by atoms with Crippen LogP contribution in [0.25, 0.3) is 0 Å². The number of furan rings is 1. The van der Waals surface area contributed by atoms with Crippen molar-refractivity contribution in [3.63, 3.8) is 0 Å². The second-order valence-corrected chi connectivity index (χ2v) is 5.54. The highest BCUT2D eigenvalue weighted by Crippen LogP contribution is 2.14. The first-order chi connectivity index (χ1) is 8.63. The number of nitrogens with one attached hydrogen (secondary N) is 1. The van der Waals surface area contributed by atoms with E-state index in [0.29, 0.717) is 6.04 Å². The van der Waals surface area contributed by atoms with Gasteiger partial charge in [-0.3, -0.25) is 0 Å². The lowest BCUT2D eigenvalue weighted by molar-refractivity contribution is 0.441. The maximum Gasteiger partial charge on any atom is 0.169 e. The molecule has 2 rings (SSSR count). The monoisotopic (exact) mass is 327 g/mol. The number of rotatable bonds is 5. The Balaban J connectivity index is 1.81. The van der Waals surface area contributed by atoms with Crippen molar-refractivity contribution in [3.8, 4) is 0 Å². The molecule has 4 heteroatoms. The molecule has 0 spiro atoms. The predicted molar refractivity (Wildman–Crippen MR) is 77.9 cm³/mol. The highest BCUT2D eigenvalue weighted by Gasteiger charge is 2.05. The molecule has 0 aliphatic carbocycles. The van der Waals surface area contributed by atoms with Crippen LogP contribution in [-0.2, 0) is 13.0 Å². The lowest BCUT2D eigenvalue weighted by atomic mass is 10.1. The van der Waals surface area contributed by atoms with Gasteiger partial charge in [0.05, 0.1) is 6.54 Å². The Morgan fingerprint density at radius 3 is 2.56 bits per heavy atom. The smallest absolute Gasteiger partial charge is 0.169 e. The number of hydrogen-bond acceptors (Lipinski definition) is 2. The van der Waals surface area contributed by atoms with E-state index in [9.17, 15) is 0 Å². The van der Waals surface area contributed by atoms with E-state index >= 15 is 0 Å². The van der Waals surface area contributed by atoms with E-state index in [-0.39, 0.29) is 0 Å². The van der Waals surface area contributed by atoms with Gasteiger partial charge < -0.3 is 9.73 Å². The van der Waals surface area contributed by atoms with E-state index in [1.165, 1.54) is 5.56 Å². The highest BCUT2D eigenvalue weighted by molar-refractivity contribution is 9.10. The normalized spacial score (nSPS) is 12.6. The van der Waals surface area contributed by atoms with E-state index in [4.69, 9.17) is 16.0 Å². The predicted octanol–water partition coefficient (Wildman–Crippen LogP) is 4.42. The van der Waals surface area contributed by atoms with Crippen molar-refractivity contribution in [2.75, 3.05) is 0 Å². The van der Waals surface area contributed by atoms with E-state index in [1.807, 2.05) is 24.3 Å². The third-order valence-electron chi connectivity index (χ3n) is 2.71. The fraction of sp³-hybridized carbons (Fsp3) is 0.286. The average Bonchev–Trinajstić information content (AvgIpc) is 2.76. The van der Waals surface area contributed by atoms with Crippen molar-refractivity contribution in [2.24, 2.45) is 0 Å². The summed E-state index contributed by atoms with van der Waals surface area (Å²) >= 11 is 9.15. The Labute approximate surface area is 120 Å². The first-order valence-electron chi connectivity index (χ1n) is 5.85. The summed E-state index contributed by atoms with van der Waals surface area (Å²) in [5.41, 5.74) is 1.28. The summed E-state index contributed by atoms with van der Waals surface area (Å²) in [7, 11) is 0. The third-order valence-corrected chi connectivity index (χ3v) is 3.39. The molecule has 0 aliphatic heterocycles. The van der Waals surface area contributed by atoms with Crippen molar-refractivity contribution in [2.45, 2.75) is 25.9 Å². The van der Waals surface area contributed by atoms with Crippen LogP contribution in [0, 0.1) is 0 Å². The molecule has 0 aliphatic rings. The van der Waals surface area contributed by atoms with Crippen LogP contribution in [0.1, 0.15) is 18.2 Å². The average molecular weight is 329 g/mol. The van der Waals surface area contributed by atoms with Crippen molar-refractivity contribution < 1.29 is 4.42 Å². The van der Waals surface area contributed by atoms with Gasteiger partial charge in [-0.05, 0) is 59.1 Å². The molecule has 1 atom stereocenters. The van der Waals surface area contributed by atoms with Crippen LogP contribution in [0.15, 0.2) is 45.5 Å². The van der Waals surface area contributed by atoms with Gasteiger partial charge in [-0.15, -0.1) is 0 Å². The maximum absolute atomic E-state index is 5.86. The number of hydrogen-bond donors (Lipinski definition) is 1. The van der Waals surface area contributed by atoms with Crippen molar-refractivity contribution in [1.82, 2.24) is 5.32 Å². The molecule has 0 saturated heterocycles. The Morgan fingerprint density at radius 2 is 1.94 bits per heavy atom. The van der Waals surface area contributed by atoms with Gasteiger partial charge in [0, 0.05) is 11.1 Å². The third kappa shape index (κ3) is 4.16. The molecule has 0 saturated carbocycles. The summed E-state index contributed by atoms with van der Waals surface area (Å²) in [5.74, 6) is 0.935. The summed E-state index contributed by atoms with van der Waals surface area (Å²) in [6, 6.07) is 12.2. The zero-order chi connectivity index (χ0) is 13.0. The molecule has 1 aromatic carbocycles. The maximum atomic E-state index is 5.86. The minimum absolute atomic E-state index is 0.384. The van der Waals surface area contributed by atoms with Crippen LogP contribution < -0.4 is 5.32 Å². The second-order valence-electron chi connectivity index (χ2n) is 4.32. The minimum atomic E-state index is 0.384. The molecule has 0 fully saturated rings. The SMILES string of the molecule is CC(Cc1ccc(Cl)cc1)NCc1ccc(Br)o1. The molecular formula is C14H15BrClNO. The molecular weight excluding hydrogens is 314 g/mol. The Hall–Kier alpha value is -0.770. The topological polar surface area (TPSA) is 25.2 Å². The molecule has 1 aromatic heterocycles. The van der Waals surface area contributed by atoms with Crippen LogP contribution in [0.4, 0.5) is 0 Å². The molecule has 0 amide bonds. The zero-order valence-electron chi connectivity index (χ0n) is 10.1. The summed E-state index contributed by atoms with van der Waals surface area (Å²) in [6.45, 7) is 2.90. The van der Waals surface area contributed by atoms with Gasteiger partial charge >= 0.3 is 0 Å². The first kappa shape index (κ1) is 13.7. The minimum Gasteiger partial charge on any atom is -0.453 e. The summed E-state index contributed by atoms with van der Waals surface area (Å²) in [5, 5.41) is 4.21. The quantitative estimate of drug-likeness (QED) is 0.879. The summed E-state index contributed by atoms with van der Waals surface area (Å²) in [4.78, 5) is 0. The van der Waals surface area contributed by atoms with Gasteiger partial charge in [0.1, 0.15) is 5.76 Å². The molecule has 2 aromatic rings. The van der Waals surface area contributed by atoms with Crippen molar-refractivity contribution in [1.29, 1.82) is 0 Å². The van der Waals surface area contributed by atoms with Gasteiger partial charge in [-0.2, -0.15) is 0 Å². The van der Waals surface area contributed by atoms with E-state index in [2.05, 4.69) is 40.3 Å². The van der Waals surface area contributed by atoms with Crippen LogP contribution in [0.5, 0.6) is 0 Å². The lowest BCUT2D eigenvalue weighted by Gasteiger charge is -2.12. The van der Waals surface area contributed by atoms with Gasteiger partial charge in [0.2, 0.25) is 0 Å². The molecule has 0 bridgehead atoms. The summed E-state index contributed by atoms with van der Waals surface area (Å²) in [6.07, 6.45) is 0.971. The number of benzene rings is 1. The van der Waals surface area contributed by atoms with Crippen LogP contribution in [0.3, 0.4) is 0 Å². The fourth-order valence-electron chi connectivity index (χ4n) is 1.77. The van der Waals surface area contributed by atoms with Crippen molar-refractivity contribution >= 4 is 27.5 Å². The van der Waals surface area contributed by atoms with E-state index in [0.717, 1.165) is 28.4 Å². The van der Waals surface area contributed by atoms with Gasteiger partial charge in [-0.25, -0.2) is 0 Å². The summed E-state index contributed by atoms with van der Waals surface area (Å²) < 4.78 is 6.20. The molecule has 2 nitrogen and oxygen atoms in total. The van der Waals surface area contributed by atoms with E-state index in [1.54, 1.807) is 0 Å². The molecule has 0 radical (unpaired) electrons. The van der Waals surface area contributed by atoms with Crippen molar-refractivity contribution in [3.05, 3.63) is 57.4 Å². The van der Waals surface area contributed by atoms with Gasteiger partial charge in [-0.1, -0.05) is 23.7 Å². The first-order valence-corrected chi connectivity index (χ1v) is 7.02. The fourth-order valence-corrected chi connectivity index (χ4v) is 2.23. The Kier molecular flexibility index (Phi) is 4.87. The Morgan fingerprint density at radius 1 is 1.22 bits per heavy atom. The standard InChI is InChI=1S/C14H15BrClNO/c1-10(8-11-2-4-12(16)5-3-11)17-9-13-6-7-14(15)18-13/h2-7,10,17H,8-9H2,1H3. The van der Waals surface area contributed by atoms with Crippen LogP contribution >= 0.6 is 27.5 Å². The zero-order valence-corrected chi connectivity index (χ0v) is 12.5. The molecule has 18 heavy (non-hydrogen) atoms. The number of halogens is 2. The molecule has 1 heterocycles. The highest BCUT2D eigenvalue weighted by atomic mass is 79.9. The molecule has 1 N–H and O–H groups in total. The van der Waals surface area contributed by atoms with Crippen LogP contribution in [-0.4, -0.2) is 6.04 Å². The second kappa shape index (κ2) is 6.41. The van der Waals surface area contributed by atoms with Crippen LogP contribution in [0.2, 0.25) is 5.02 Å². The molecule has 1 unspecified atom stereocenters. The van der Waals surface area contributed by atoms with Gasteiger partial charge in [0.15, 0.2) is 4.67 Å². The Bertz CT molecular complexity index is 495. The van der Waals surface area contributed by atoms with E-state index < -0.39 is 0 Å².